The molecule has 0 radical (unpaired) electrons. The van der Waals surface area contributed by atoms with Crippen molar-refractivity contribution in [2.45, 2.75) is 20.8 Å². The number of halogens is 3. The molecule has 25 heavy (non-hydrogen) atoms. The number of rotatable bonds is 5. The van der Waals surface area contributed by atoms with Gasteiger partial charge in [-0.05, 0) is 36.4 Å². The molecule has 0 aromatic heterocycles. The largest absolute Gasteiger partial charge is 0.484 e. The molecule has 0 atom stereocenters. The molecule has 0 aliphatic carbocycles. The van der Waals surface area contributed by atoms with Crippen LogP contribution in [0.2, 0.25) is 15.1 Å². The zero-order valence-corrected chi connectivity index (χ0v) is 16.3. The van der Waals surface area contributed by atoms with E-state index in [-0.39, 0.29) is 12.4 Å². The topological polar surface area (TPSA) is 51.0 Å². The van der Waals surface area contributed by atoms with Gasteiger partial charge in [0.2, 0.25) is 0 Å². The van der Waals surface area contributed by atoms with Gasteiger partial charge in [-0.2, -0.15) is 5.11 Å². The molecule has 7 heteroatoms. The van der Waals surface area contributed by atoms with Crippen LogP contribution in [0.1, 0.15) is 20.8 Å². The molecule has 0 saturated carbocycles. The van der Waals surface area contributed by atoms with Gasteiger partial charge in [-0.25, -0.2) is 0 Å². The Hall–Kier alpha value is -1.62. The van der Waals surface area contributed by atoms with Crippen LogP contribution in [0.5, 0.6) is 5.75 Å². The van der Waals surface area contributed by atoms with Crippen LogP contribution in [-0.4, -0.2) is 12.4 Å². The van der Waals surface area contributed by atoms with Gasteiger partial charge < -0.3 is 4.74 Å². The standard InChI is InChI=1S/C18H17Cl3N2O2/c1-18(2,3)17(24)10-25-16-7-5-12(9-14(16)21)22-23-15-6-4-11(19)8-13(15)20/h4-9H,10H2,1-3H3. The number of nitrogens with zero attached hydrogens (tertiary/aromatic N) is 2. The van der Waals surface area contributed by atoms with Crippen molar-refractivity contribution < 1.29 is 9.53 Å². The summed E-state index contributed by atoms with van der Waals surface area (Å²) in [5.74, 6) is 0.410. The third-order valence-corrected chi connectivity index (χ3v) is 4.13. The van der Waals surface area contributed by atoms with E-state index < -0.39 is 5.41 Å². The van der Waals surface area contributed by atoms with Gasteiger partial charge in [-0.3, -0.25) is 4.79 Å². The van der Waals surface area contributed by atoms with Crippen LogP contribution in [0.3, 0.4) is 0 Å². The van der Waals surface area contributed by atoms with Gasteiger partial charge in [-0.1, -0.05) is 55.6 Å². The minimum atomic E-state index is -0.460. The average Bonchev–Trinajstić information content (AvgIpc) is 2.52. The molecule has 0 heterocycles. The molecule has 0 unspecified atom stereocenters. The molecule has 2 aromatic carbocycles. The Labute approximate surface area is 161 Å². The Morgan fingerprint density at radius 1 is 1.00 bits per heavy atom. The van der Waals surface area contributed by atoms with Gasteiger partial charge in [0, 0.05) is 10.4 Å². The van der Waals surface area contributed by atoms with Gasteiger partial charge in [0.25, 0.3) is 0 Å². The van der Waals surface area contributed by atoms with E-state index in [1.807, 2.05) is 20.8 Å². The molecule has 0 bridgehead atoms. The maximum atomic E-state index is 11.9. The molecule has 2 rings (SSSR count). The highest BCUT2D eigenvalue weighted by Crippen LogP contribution is 2.32. The van der Waals surface area contributed by atoms with Crippen LogP contribution < -0.4 is 4.74 Å². The fraction of sp³-hybridized carbons (Fsp3) is 0.278. The number of hydrogen-bond donors (Lipinski definition) is 0. The first-order chi connectivity index (χ1) is 11.7. The SMILES string of the molecule is CC(C)(C)C(=O)COc1ccc(N=Nc2ccc(Cl)cc2Cl)cc1Cl. The van der Waals surface area contributed by atoms with E-state index in [0.29, 0.717) is 32.2 Å². The van der Waals surface area contributed by atoms with E-state index in [1.54, 1.807) is 36.4 Å². The Morgan fingerprint density at radius 3 is 2.32 bits per heavy atom. The second kappa shape index (κ2) is 8.17. The number of ether oxygens (including phenoxy) is 1. The second-order valence-corrected chi connectivity index (χ2v) is 7.62. The fourth-order valence-electron chi connectivity index (χ4n) is 1.70. The lowest BCUT2D eigenvalue weighted by atomic mass is 9.91. The monoisotopic (exact) mass is 398 g/mol. The van der Waals surface area contributed by atoms with Crippen LogP contribution >= 0.6 is 34.8 Å². The van der Waals surface area contributed by atoms with Crippen molar-refractivity contribution in [1.82, 2.24) is 0 Å². The molecule has 0 aliphatic heterocycles. The van der Waals surface area contributed by atoms with Gasteiger partial charge in [0.15, 0.2) is 5.78 Å². The number of carbonyl (C=O) groups excluding carboxylic acids is 1. The normalized spacial score (nSPS) is 11.8. The van der Waals surface area contributed by atoms with Gasteiger partial charge >= 0.3 is 0 Å². The molecule has 0 amide bonds. The second-order valence-electron chi connectivity index (χ2n) is 6.37. The Bertz CT molecular complexity index is 814. The number of ketones is 1. The van der Waals surface area contributed by atoms with Crippen LogP contribution in [0.15, 0.2) is 46.6 Å². The summed E-state index contributed by atoms with van der Waals surface area (Å²) in [5, 5.41) is 9.45. The number of carbonyl (C=O) groups is 1. The summed E-state index contributed by atoms with van der Waals surface area (Å²) >= 11 is 18.1. The molecule has 0 aliphatic rings. The van der Waals surface area contributed by atoms with Crippen molar-refractivity contribution in [3.05, 3.63) is 51.5 Å². The Kier molecular flexibility index (Phi) is 6.44. The van der Waals surface area contributed by atoms with E-state index in [2.05, 4.69) is 10.2 Å². The fourth-order valence-corrected chi connectivity index (χ4v) is 2.38. The van der Waals surface area contributed by atoms with E-state index in [1.165, 1.54) is 0 Å². The molecule has 0 spiro atoms. The number of benzene rings is 2. The minimum absolute atomic E-state index is 0.00953. The minimum Gasteiger partial charge on any atom is -0.484 e. The maximum absolute atomic E-state index is 11.9. The van der Waals surface area contributed by atoms with Crippen molar-refractivity contribution >= 4 is 52.0 Å². The molecule has 0 saturated heterocycles. The van der Waals surface area contributed by atoms with Crippen molar-refractivity contribution in [3.63, 3.8) is 0 Å². The highest BCUT2D eigenvalue weighted by atomic mass is 35.5. The molecular weight excluding hydrogens is 383 g/mol. The number of hydrogen-bond acceptors (Lipinski definition) is 4. The summed E-state index contributed by atoms with van der Waals surface area (Å²) in [6, 6.07) is 9.88. The summed E-state index contributed by atoms with van der Waals surface area (Å²) in [6.07, 6.45) is 0. The van der Waals surface area contributed by atoms with Gasteiger partial charge in [0.05, 0.1) is 15.7 Å². The Balaban J connectivity index is 2.08. The first kappa shape index (κ1) is 19.7. The van der Waals surface area contributed by atoms with Crippen molar-refractivity contribution in [2.75, 3.05) is 6.61 Å². The summed E-state index contributed by atoms with van der Waals surface area (Å²) < 4.78 is 5.49. The predicted molar refractivity (Wildman–Crippen MR) is 102 cm³/mol. The average molecular weight is 400 g/mol. The van der Waals surface area contributed by atoms with E-state index in [9.17, 15) is 4.79 Å². The van der Waals surface area contributed by atoms with Crippen LogP contribution in [0.4, 0.5) is 11.4 Å². The summed E-state index contributed by atoms with van der Waals surface area (Å²) in [7, 11) is 0. The smallest absolute Gasteiger partial charge is 0.175 e. The maximum Gasteiger partial charge on any atom is 0.175 e. The van der Waals surface area contributed by atoms with Gasteiger partial charge in [0.1, 0.15) is 18.0 Å². The summed E-state index contributed by atoms with van der Waals surface area (Å²) in [4.78, 5) is 11.9. The molecular formula is C18H17Cl3N2O2. The van der Waals surface area contributed by atoms with E-state index in [0.717, 1.165) is 0 Å². The third kappa shape index (κ3) is 5.70. The lowest BCUT2D eigenvalue weighted by molar-refractivity contribution is -0.128. The first-order valence-corrected chi connectivity index (χ1v) is 8.62. The van der Waals surface area contributed by atoms with E-state index >= 15 is 0 Å². The van der Waals surface area contributed by atoms with Crippen molar-refractivity contribution in [3.8, 4) is 5.75 Å². The highest BCUT2D eigenvalue weighted by molar-refractivity contribution is 6.36. The van der Waals surface area contributed by atoms with Crippen molar-refractivity contribution in [2.24, 2.45) is 15.6 Å². The Morgan fingerprint density at radius 2 is 1.72 bits per heavy atom. The number of azo groups is 1. The van der Waals surface area contributed by atoms with Crippen LogP contribution in [0.25, 0.3) is 0 Å². The predicted octanol–water partition coefficient (Wildman–Crippen LogP) is 7.06. The van der Waals surface area contributed by atoms with E-state index in [4.69, 9.17) is 39.5 Å². The zero-order chi connectivity index (χ0) is 18.6. The molecule has 2 aromatic rings. The van der Waals surface area contributed by atoms with Crippen LogP contribution in [0, 0.1) is 5.41 Å². The highest BCUT2D eigenvalue weighted by Gasteiger charge is 2.21. The summed E-state index contributed by atoms with van der Waals surface area (Å²) in [5.41, 5.74) is 0.571. The number of Topliss-reactive ketones (excluding diaryl/α,β-unsaturated/α-hetero) is 1. The third-order valence-electron chi connectivity index (χ3n) is 3.29. The molecule has 4 nitrogen and oxygen atoms in total. The molecule has 132 valence electrons. The van der Waals surface area contributed by atoms with Gasteiger partial charge in [-0.15, -0.1) is 5.11 Å². The lowest BCUT2D eigenvalue weighted by Gasteiger charge is -2.17. The molecule has 0 fully saturated rings. The lowest BCUT2D eigenvalue weighted by Crippen LogP contribution is -2.26. The molecule has 0 N–H and O–H groups in total. The zero-order valence-electron chi connectivity index (χ0n) is 14.0. The first-order valence-electron chi connectivity index (χ1n) is 7.49. The van der Waals surface area contributed by atoms with Crippen LogP contribution in [-0.2, 0) is 4.79 Å². The van der Waals surface area contributed by atoms with Crippen molar-refractivity contribution in [1.29, 1.82) is 0 Å². The quantitative estimate of drug-likeness (QED) is 0.505. The summed E-state index contributed by atoms with van der Waals surface area (Å²) in [6.45, 7) is 5.48.